The largest absolute Gasteiger partial charge is 0.497 e. The molecule has 3 atom stereocenters. The van der Waals surface area contributed by atoms with Gasteiger partial charge in [-0.3, -0.25) is 23.7 Å². The first-order valence-electron chi connectivity index (χ1n) is 13.9. The zero-order valence-electron chi connectivity index (χ0n) is 23.6. The van der Waals surface area contributed by atoms with Crippen molar-refractivity contribution in [3.63, 3.8) is 0 Å². The van der Waals surface area contributed by atoms with Crippen LogP contribution in [0.5, 0.6) is 5.75 Å². The van der Waals surface area contributed by atoms with E-state index >= 15 is 0 Å². The first-order chi connectivity index (χ1) is 19.7. The van der Waals surface area contributed by atoms with Gasteiger partial charge >= 0.3 is 17.6 Å². The number of aromatic nitrogens is 2. The second-order valence-corrected chi connectivity index (χ2v) is 9.83. The van der Waals surface area contributed by atoms with Gasteiger partial charge in [-0.05, 0) is 37.1 Å². The SMILES string of the molecule is CCCCCC(=O)OC[C@H]1O[C@@H](n2cc(F)c(=O)n(C(=O)c3ccc(OC)cc3)c2=O)C[C@@H]1OC(=O)CCCCC. The Morgan fingerprint density at radius 2 is 1.61 bits per heavy atom. The Morgan fingerprint density at radius 3 is 2.22 bits per heavy atom. The fourth-order valence-electron chi connectivity index (χ4n) is 4.45. The first kappa shape index (κ1) is 31.7. The highest BCUT2D eigenvalue weighted by atomic mass is 19.1. The van der Waals surface area contributed by atoms with Crippen molar-refractivity contribution in [3.05, 3.63) is 62.7 Å². The lowest BCUT2D eigenvalue weighted by atomic mass is 10.1. The summed E-state index contributed by atoms with van der Waals surface area (Å²) in [5.74, 6) is -2.87. The van der Waals surface area contributed by atoms with Crippen molar-refractivity contribution >= 4 is 17.8 Å². The molecule has 2 heterocycles. The van der Waals surface area contributed by atoms with Crippen LogP contribution in [0.4, 0.5) is 4.39 Å². The maximum Gasteiger partial charge on any atom is 0.340 e. The predicted octanol–water partition coefficient (Wildman–Crippen LogP) is 3.75. The molecule has 2 aromatic rings. The summed E-state index contributed by atoms with van der Waals surface area (Å²) in [6.07, 6.45) is 2.76. The van der Waals surface area contributed by atoms with Gasteiger partial charge in [0.15, 0.2) is 0 Å². The zero-order valence-corrected chi connectivity index (χ0v) is 23.6. The predicted molar refractivity (Wildman–Crippen MR) is 145 cm³/mol. The van der Waals surface area contributed by atoms with E-state index in [2.05, 4.69) is 0 Å². The summed E-state index contributed by atoms with van der Waals surface area (Å²) in [5.41, 5.74) is -2.59. The Bertz CT molecular complexity index is 1320. The van der Waals surface area contributed by atoms with Crippen molar-refractivity contribution in [2.45, 2.75) is 90.1 Å². The molecule has 224 valence electrons. The molecule has 0 spiro atoms. The number of benzene rings is 1. The standard InChI is InChI=1S/C29H37FN2O9/c1-4-6-8-10-25(33)39-18-23-22(41-26(34)11-9-7-5-2)16-24(40-23)31-17-21(30)28(36)32(29(31)37)27(35)19-12-14-20(38-3)15-13-19/h12-15,17,22-24H,4-11,16,18H2,1-3H3/t22-,23+,24+/m0/s1. The lowest BCUT2D eigenvalue weighted by Crippen LogP contribution is -2.46. The van der Waals surface area contributed by atoms with E-state index in [0.29, 0.717) is 24.8 Å². The Balaban J connectivity index is 1.86. The van der Waals surface area contributed by atoms with Crippen molar-refractivity contribution in [1.82, 2.24) is 9.13 Å². The lowest BCUT2D eigenvalue weighted by Gasteiger charge is -2.19. The van der Waals surface area contributed by atoms with Crippen LogP contribution in [-0.4, -0.2) is 52.9 Å². The minimum atomic E-state index is -1.42. The van der Waals surface area contributed by atoms with Crippen LogP contribution in [0.3, 0.4) is 0 Å². The lowest BCUT2D eigenvalue weighted by molar-refractivity contribution is -0.158. The third-order valence-corrected chi connectivity index (χ3v) is 6.76. The number of esters is 2. The molecule has 0 bridgehead atoms. The molecule has 0 unspecified atom stereocenters. The molecule has 0 radical (unpaired) electrons. The topological polar surface area (TPSA) is 132 Å². The van der Waals surface area contributed by atoms with Gasteiger partial charge in [0.1, 0.15) is 30.8 Å². The van der Waals surface area contributed by atoms with E-state index in [-0.39, 0.29) is 36.0 Å². The molecule has 1 fully saturated rings. The fourth-order valence-corrected chi connectivity index (χ4v) is 4.45. The molecule has 1 aromatic carbocycles. The maximum absolute atomic E-state index is 14.8. The molecule has 1 aromatic heterocycles. The fraction of sp³-hybridized carbons (Fsp3) is 0.552. The minimum Gasteiger partial charge on any atom is -0.497 e. The van der Waals surface area contributed by atoms with Crippen LogP contribution in [0.25, 0.3) is 0 Å². The molecule has 0 amide bonds. The molecule has 3 rings (SSSR count). The molecule has 1 aliphatic rings. The van der Waals surface area contributed by atoms with Crippen LogP contribution < -0.4 is 16.0 Å². The molecule has 1 saturated heterocycles. The molecule has 0 saturated carbocycles. The molecule has 1 aliphatic heterocycles. The van der Waals surface area contributed by atoms with Gasteiger partial charge in [0.25, 0.3) is 11.5 Å². The zero-order chi connectivity index (χ0) is 29.9. The number of methoxy groups -OCH3 is 1. The number of carbonyl (C=O) groups is 3. The highest BCUT2D eigenvalue weighted by Gasteiger charge is 2.41. The summed E-state index contributed by atoms with van der Waals surface area (Å²) in [5, 5.41) is 0. The number of hydrogen-bond acceptors (Lipinski definition) is 9. The number of unbranched alkanes of at least 4 members (excludes halogenated alkanes) is 4. The van der Waals surface area contributed by atoms with Gasteiger partial charge in [-0.15, -0.1) is 0 Å². The van der Waals surface area contributed by atoms with Gasteiger partial charge in [0.2, 0.25) is 5.82 Å². The van der Waals surface area contributed by atoms with Crippen LogP contribution in [0.15, 0.2) is 40.1 Å². The summed E-state index contributed by atoms with van der Waals surface area (Å²) in [4.78, 5) is 63.6. The quantitative estimate of drug-likeness (QED) is 0.244. The molecular formula is C29H37FN2O9. The van der Waals surface area contributed by atoms with Crippen molar-refractivity contribution in [3.8, 4) is 5.75 Å². The normalized spacial score (nSPS) is 18.2. The van der Waals surface area contributed by atoms with Crippen LogP contribution in [0.1, 0.15) is 88.2 Å². The minimum absolute atomic E-state index is 0.0405. The highest BCUT2D eigenvalue weighted by molar-refractivity contribution is 5.95. The number of halogens is 1. The van der Waals surface area contributed by atoms with E-state index in [9.17, 15) is 28.4 Å². The monoisotopic (exact) mass is 576 g/mol. The van der Waals surface area contributed by atoms with Crippen molar-refractivity contribution in [2.75, 3.05) is 13.7 Å². The second-order valence-electron chi connectivity index (χ2n) is 9.83. The number of hydrogen-bond donors (Lipinski definition) is 0. The van der Waals surface area contributed by atoms with E-state index < -0.39 is 53.3 Å². The van der Waals surface area contributed by atoms with Gasteiger partial charge < -0.3 is 18.9 Å². The summed E-state index contributed by atoms with van der Waals surface area (Å²) < 4.78 is 37.6. The van der Waals surface area contributed by atoms with Gasteiger partial charge in [0, 0.05) is 24.8 Å². The van der Waals surface area contributed by atoms with Crippen LogP contribution in [0.2, 0.25) is 0 Å². The third kappa shape index (κ3) is 8.35. The smallest absolute Gasteiger partial charge is 0.340 e. The van der Waals surface area contributed by atoms with Crippen LogP contribution in [-0.2, 0) is 23.8 Å². The van der Waals surface area contributed by atoms with E-state index in [1.165, 1.54) is 31.4 Å². The molecule has 0 aliphatic carbocycles. The molecule has 0 N–H and O–H groups in total. The maximum atomic E-state index is 14.8. The van der Waals surface area contributed by atoms with Crippen molar-refractivity contribution in [1.29, 1.82) is 0 Å². The van der Waals surface area contributed by atoms with E-state index in [0.717, 1.165) is 30.3 Å². The summed E-state index contributed by atoms with van der Waals surface area (Å²) >= 11 is 0. The average molecular weight is 577 g/mol. The average Bonchev–Trinajstić information content (AvgIpc) is 3.36. The Labute approximate surface area is 237 Å². The van der Waals surface area contributed by atoms with Gasteiger partial charge in [-0.1, -0.05) is 39.5 Å². The van der Waals surface area contributed by atoms with Crippen molar-refractivity contribution in [2.24, 2.45) is 0 Å². The summed E-state index contributed by atoms with van der Waals surface area (Å²) in [6.45, 7) is 3.76. The van der Waals surface area contributed by atoms with Gasteiger partial charge in [-0.25, -0.2) is 4.79 Å². The Hall–Kier alpha value is -3.80. The second kappa shape index (κ2) is 15.3. The van der Waals surface area contributed by atoms with Crippen LogP contribution in [0, 0.1) is 5.82 Å². The number of ether oxygens (including phenoxy) is 4. The van der Waals surface area contributed by atoms with Crippen molar-refractivity contribution < 1.29 is 37.7 Å². The van der Waals surface area contributed by atoms with Gasteiger partial charge in [-0.2, -0.15) is 8.96 Å². The first-order valence-corrected chi connectivity index (χ1v) is 13.9. The molecule has 12 heteroatoms. The summed E-state index contributed by atoms with van der Waals surface area (Å²) in [7, 11) is 1.44. The van der Waals surface area contributed by atoms with Gasteiger partial charge in [0.05, 0.1) is 13.3 Å². The number of rotatable bonds is 14. The van der Waals surface area contributed by atoms with E-state index in [4.69, 9.17) is 18.9 Å². The number of nitrogens with zero attached hydrogens (tertiary/aromatic N) is 2. The highest BCUT2D eigenvalue weighted by Crippen LogP contribution is 2.31. The molecule has 41 heavy (non-hydrogen) atoms. The van der Waals surface area contributed by atoms with Crippen LogP contribution >= 0.6 is 0 Å². The summed E-state index contributed by atoms with van der Waals surface area (Å²) in [6, 6.07) is 5.61. The van der Waals surface area contributed by atoms with E-state index in [1.807, 2.05) is 13.8 Å². The molecule has 11 nitrogen and oxygen atoms in total. The third-order valence-electron chi connectivity index (χ3n) is 6.76. The Kier molecular flexibility index (Phi) is 11.8. The Morgan fingerprint density at radius 1 is 0.976 bits per heavy atom. The van der Waals surface area contributed by atoms with E-state index in [1.54, 1.807) is 0 Å². The molecular weight excluding hydrogens is 539 g/mol. The number of carbonyl (C=O) groups excluding carboxylic acids is 3.